The summed E-state index contributed by atoms with van der Waals surface area (Å²) in [4.78, 5) is 12.2. The Labute approximate surface area is 92.0 Å². The summed E-state index contributed by atoms with van der Waals surface area (Å²) in [5.41, 5.74) is 6.70. The maximum absolute atomic E-state index is 5.58. The van der Waals surface area contributed by atoms with Crippen LogP contribution in [0.15, 0.2) is 41.9 Å². The molecule has 0 amide bonds. The van der Waals surface area contributed by atoms with Gasteiger partial charge in [-0.15, -0.1) is 0 Å². The molecule has 4 nitrogen and oxygen atoms in total. The van der Waals surface area contributed by atoms with Crippen molar-refractivity contribution in [2.24, 2.45) is 0 Å². The fourth-order valence-electron chi connectivity index (χ4n) is 1.09. The van der Waals surface area contributed by atoms with Crippen LogP contribution in [0.3, 0.4) is 0 Å². The first-order chi connectivity index (χ1) is 7.34. The summed E-state index contributed by atoms with van der Waals surface area (Å²) in [6, 6.07) is 5.59. The lowest BCUT2D eigenvalue weighted by Gasteiger charge is -2.00. The molecule has 76 valence electrons. The normalized spacial score (nSPS) is 10.1. The Morgan fingerprint density at radius 2 is 1.93 bits per heavy atom. The minimum absolute atomic E-state index is 0.544. The molecule has 15 heavy (non-hydrogen) atoms. The van der Waals surface area contributed by atoms with Crippen LogP contribution in [0.25, 0.3) is 0 Å². The number of hydrogen-bond donors (Lipinski definition) is 1. The van der Waals surface area contributed by atoms with Gasteiger partial charge in [0.1, 0.15) is 5.82 Å². The van der Waals surface area contributed by atoms with Gasteiger partial charge in [-0.25, -0.2) is 15.0 Å². The molecule has 5 heteroatoms. The fraction of sp³-hybridized carbons (Fsp3) is 0.100. The van der Waals surface area contributed by atoms with E-state index in [1.54, 1.807) is 36.4 Å². The monoisotopic (exact) mass is 218 g/mol. The molecule has 2 rings (SSSR count). The van der Waals surface area contributed by atoms with Crippen molar-refractivity contribution in [2.45, 2.75) is 10.9 Å². The van der Waals surface area contributed by atoms with Crippen molar-refractivity contribution in [1.82, 2.24) is 15.0 Å². The van der Waals surface area contributed by atoms with Crippen LogP contribution in [0.5, 0.6) is 0 Å². The number of nitrogens with two attached hydrogens (primary N) is 1. The Bertz CT molecular complexity index is 432. The largest absolute Gasteiger partial charge is 0.384 e. The van der Waals surface area contributed by atoms with E-state index < -0.39 is 0 Å². The molecule has 0 spiro atoms. The molecule has 0 atom stereocenters. The van der Waals surface area contributed by atoms with E-state index in [1.165, 1.54) is 0 Å². The van der Waals surface area contributed by atoms with Gasteiger partial charge in [0.25, 0.3) is 0 Å². The van der Waals surface area contributed by atoms with Crippen molar-refractivity contribution in [2.75, 3.05) is 5.73 Å². The van der Waals surface area contributed by atoms with Crippen molar-refractivity contribution in [1.29, 1.82) is 0 Å². The molecule has 0 saturated carbocycles. The molecule has 2 N–H and O–H groups in total. The Hall–Kier alpha value is -1.62. The summed E-state index contributed by atoms with van der Waals surface area (Å²) in [6.45, 7) is 0. The van der Waals surface area contributed by atoms with Gasteiger partial charge >= 0.3 is 0 Å². The maximum Gasteiger partial charge on any atom is 0.187 e. The van der Waals surface area contributed by atoms with Gasteiger partial charge in [0, 0.05) is 24.3 Å². The highest BCUT2D eigenvalue weighted by Crippen LogP contribution is 2.18. The van der Waals surface area contributed by atoms with Crippen molar-refractivity contribution in [3.8, 4) is 0 Å². The predicted molar refractivity (Wildman–Crippen MR) is 60.2 cm³/mol. The van der Waals surface area contributed by atoms with Crippen molar-refractivity contribution in [3.05, 3.63) is 42.4 Å². The lowest BCUT2D eigenvalue weighted by atomic mass is 10.3. The Balaban J connectivity index is 1.99. The molecule has 0 bridgehead atoms. The molecule has 0 aliphatic carbocycles. The first kappa shape index (κ1) is 9.92. The zero-order chi connectivity index (χ0) is 10.5. The number of hydrogen-bond acceptors (Lipinski definition) is 5. The summed E-state index contributed by atoms with van der Waals surface area (Å²) >= 11 is 1.58. The van der Waals surface area contributed by atoms with Crippen LogP contribution < -0.4 is 5.73 Å². The van der Waals surface area contributed by atoms with Crippen LogP contribution >= 0.6 is 11.8 Å². The number of thioether (sulfide) groups is 1. The van der Waals surface area contributed by atoms with Gasteiger partial charge in [-0.2, -0.15) is 0 Å². The number of nitrogen functional groups attached to an aromatic ring is 1. The predicted octanol–water partition coefficient (Wildman–Crippen LogP) is 1.75. The average molecular weight is 218 g/mol. The summed E-state index contributed by atoms with van der Waals surface area (Å²) in [6.07, 6.45) is 5.17. The zero-order valence-electron chi connectivity index (χ0n) is 8.00. The van der Waals surface area contributed by atoms with E-state index in [0.29, 0.717) is 5.82 Å². The van der Waals surface area contributed by atoms with Gasteiger partial charge in [-0.3, -0.25) is 0 Å². The minimum atomic E-state index is 0.544. The van der Waals surface area contributed by atoms with Crippen molar-refractivity contribution >= 4 is 17.6 Å². The lowest BCUT2D eigenvalue weighted by molar-refractivity contribution is 0.966. The smallest absolute Gasteiger partial charge is 0.187 e. The second-order valence-electron chi connectivity index (χ2n) is 2.91. The van der Waals surface area contributed by atoms with Crippen molar-refractivity contribution in [3.63, 3.8) is 0 Å². The molecule has 0 radical (unpaired) electrons. The molecule has 2 heterocycles. The van der Waals surface area contributed by atoms with Gasteiger partial charge in [0.2, 0.25) is 0 Å². The molecule has 0 aliphatic rings. The van der Waals surface area contributed by atoms with Crippen molar-refractivity contribution < 1.29 is 0 Å². The van der Waals surface area contributed by atoms with Gasteiger partial charge in [-0.05, 0) is 23.8 Å². The minimum Gasteiger partial charge on any atom is -0.384 e. The quantitative estimate of drug-likeness (QED) is 0.628. The average Bonchev–Trinajstić information content (AvgIpc) is 2.28. The van der Waals surface area contributed by atoms with Crippen LogP contribution in [-0.2, 0) is 5.75 Å². The number of rotatable bonds is 3. The molecule has 0 aliphatic heterocycles. The second-order valence-corrected chi connectivity index (χ2v) is 3.85. The van der Waals surface area contributed by atoms with Crippen LogP contribution in [-0.4, -0.2) is 15.0 Å². The third-order valence-electron chi connectivity index (χ3n) is 1.76. The topological polar surface area (TPSA) is 64.7 Å². The van der Waals surface area contributed by atoms with E-state index in [0.717, 1.165) is 16.5 Å². The van der Waals surface area contributed by atoms with Crippen LogP contribution in [0, 0.1) is 0 Å². The first-order valence-corrected chi connectivity index (χ1v) is 5.43. The highest BCUT2D eigenvalue weighted by Gasteiger charge is 1.98. The number of nitrogens with zero attached hydrogens (tertiary/aromatic N) is 3. The van der Waals surface area contributed by atoms with E-state index in [2.05, 4.69) is 15.0 Å². The molecule has 2 aromatic heterocycles. The molecule has 2 aromatic rings. The van der Waals surface area contributed by atoms with E-state index in [4.69, 9.17) is 5.73 Å². The Kier molecular flexibility index (Phi) is 3.14. The van der Waals surface area contributed by atoms with Gasteiger partial charge in [0.15, 0.2) is 5.16 Å². The number of anilines is 1. The van der Waals surface area contributed by atoms with Gasteiger partial charge in [-0.1, -0.05) is 11.8 Å². The maximum atomic E-state index is 5.58. The molecule has 0 unspecified atom stereocenters. The number of pyridine rings is 1. The highest BCUT2D eigenvalue weighted by atomic mass is 32.2. The number of aromatic nitrogens is 3. The molecule has 0 saturated heterocycles. The Morgan fingerprint density at radius 1 is 1.13 bits per heavy atom. The van der Waals surface area contributed by atoms with Crippen LogP contribution in [0.1, 0.15) is 5.56 Å². The third-order valence-corrected chi connectivity index (χ3v) is 2.70. The molecular weight excluding hydrogens is 208 g/mol. The van der Waals surface area contributed by atoms with Gasteiger partial charge < -0.3 is 5.73 Å². The third kappa shape index (κ3) is 2.92. The van der Waals surface area contributed by atoms with E-state index in [9.17, 15) is 0 Å². The molecular formula is C10H10N4S. The zero-order valence-corrected chi connectivity index (χ0v) is 8.81. The highest BCUT2D eigenvalue weighted by molar-refractivity contribution is 7.98. The lowest BCUT2D eigenvalue weighted by Crippen LogP contribution is -1.91. The standard InChI is InChI=1S/C10H10N4S/c11-9-6-8(2-5-12-9)7-15-10-13-3-1-4-14-10/h1-6H,7H2,(H2,11,12). The van der Waals surface area contributed by atoms with E-state index >= 15 is 0 Å². The Morgan fingerprint density at radius 3 is 2.67 bits per heavy atom. The summed E-state index contributed by atoms with van der Waals surface area (Å²) in [7, 11) is 0. The van der Waals surface area contributed by atoms with E-state index in [-0.39, 0.29) is 0 Å². The molecule has 0 aromatic carbocycles. The van der Waals surface area contributed by atoms with E-state index in [1.807, 2.05) is 12.1 Å². The fourth-order valence-corrected chi connectivity index (χ4v) is 1.84. The summed E-state index contributed by atoms with van der Waals surface area (Å²) < 4.78 is 0. The van der Waals surface area contributed by atoms with Crippen LogP contribution in [0.2, 0.25) is 0 Å². The van der Waals surface area contributed by atoms with Crippen LogP contribution in [0.4, 0.5) is 5.82 Å². The summed E-state index contributed by atoms with van der Waals surface area (Å²) in [5.74, 6) is 1.35. The molecule has 0 fully saturated rings. The SMILES string of the molecule is Nc1cc(CSc2ncccn2)ccn1. The summed E-state index contributed by atoms with van der Waals surface area (Å²) in [5, 5.41) is 0.771. The first-order valence-electron chi connectivity index (χ1n) is 4.45. The second kappa shape index (κ2) is 4.75. The van der Waals surface area contributed by atoms with Gasteiger partial charge in [0.05, 0.1) is 0 Å².